The Hall–Kier alpha value is -2.82. The van der Waals surface area contributed by atoms with E-state index < -0.39 is 0 Å². The number of oxazole rings is 1. The second kappa shape index (κ2) is 6.59. The number of fused-ring (bicyclic) bond motifs is 2. The molecule has 128 valence electrons. The normalized spacial score (nSPS) is 13.3. The highest BCUT2D eigenvalue weighted by Gasteiger charge is 2.17. The van der Waals surface area contributed by atoms with E-state index in [1.807, 2.05) is 43.3 Å². The third kappa shape index (κ3) is 3.09. The molecule has 4 rings (SSSR count). The molecule has 5 nitrogen and oxygen atoms in total. The molecule has 0 spiro atoms. The summed E-state index contributed by atoms with van der Waals surface area (Å²) >= 11 is 0. The molecule has 0 aliphatic carbocycles. The molecule has 0 unspecified atom stereocenters. The van der Waals surface area contributed by atoms with E-state index in [2.05, 4.69) is 15.6 Å². The van der Waals surface area contributed by atoms with Crippen LogP contribution in [0.2, 0.25) is 0 Å². The van der Waals surface area contributed by atoms with Crippen LogP contribution in [0.15, 0.2) is 40.8 Å². The van der Waals surface area contributed by atoms with Crippen molar-refractivity contribution < 1.29 is 9.21 Å². The minimum absolute atomic E-state index is 0.0344. The highest BCUT2D eigenvalue weighted by atomic mass is 16.3. The van der Waals surface area contributed by atoms with E-state index in [4.69, 9.17) is 4.42 Å². The summed E-state index contributed by atoms with van der Waals surface area (Å²) in [6.07, 6.45) is 2.57. The lowest BCUT2D eigenvalue weighted by Crippen LogP contribution is -2.28. The van der Waals surface area contributed by atoms with E-state index in [-0.39, 0.29) is 5.91 Å². The van der Waals surface area contributed by atoms with Gasteiger partial charge in [-0.25, -0.2) is 4.98 Å². The van der Waals surface area contributed by atoms with Gasteiger partial charge in [-0.05, 0) is 49.1 Å². The molecule has 0 radical (unpaired) electrons. The molecule has 3 aromatic rings. The number of aryl methyl sites for hydroxylation is 1. The fraction of sp³-hybridized carbons (Fsp3) is 0.300. The number of nitrogens with one attached hydrogen (secondary N) is 2. The molecule has 0 atom stereocenters. The van der Waals surface area contributed by atoms with Crippen LogP contribution in [-0.4, -0.2) is 24.0 Å². The third-order valence-electron chi connectivity index (χ3n) is 4.63. The van der Waals surface area contributed by atoms with Gasteiger partial charge in [0.25, 0.3) is 5.91 Å². The maximum atomic E-state index is 12.5. The molecule has 25 heavy (non-hydrogen) atoms. The van der Waals surface area contributed by atoms with E-state index in [1.165, 1.54) is 0 Å². The van der Waals surface area contributed by atoms with Gasteiger partial charge < -0.3 is 15.1 Å². The Balaban J connectivity index is 1.43. The number of anilines is 1. The SMILES string of the molecule is Cc1cccc2oc(CCNC(=O)c3cccc4c3CCCN4)nc12. The summed E-state index contributed by atoms with van der Waals surface area (Å²) in [5.74, 6) is 0.620. The van der Waals surface area contributed by atoms with Gasteiger partial charge in [-0.2, -0.15) is 0 Å². The van der Waals surface area contributed by atoms with Crippen molar-refractivity contribution in [2.24, 2.45) is 0 Å². The summed E-state index contributed by atoms with van der Waals surface area (Å²) in [5, 5.41) is 6.34. The van der Waals surface area contributed by atoms with E-state index in [9.17, 15) is 4.79 Å². The molecule has 2 N–H and O–H groups in total. The number of amides is 1. The second-order valence-corrected chi connectivity index (χ2v) is 6.40. The molecular weight excluding hydrogens is 314 g/mol. The molecule has 0 fully saturated rings. The summed E-state index contributed by atoms with van der Waals surface area (Å²) < 4.78 is 5.75. The Morgan fingerprint density at radius 1 is 1.28 bits per heavy atom. The molecule has 1 aliphatic heterocycles. The van der Waals surface area contributed by atoms with Crippen molar-refractivity contribution in [1.29, 1.82) is 0 Å². The number of rotatable bonds is 4. The topological polar surface area (TPSA) is 67.2 Å². The Kier molecular flexibility index (Phi) is 4.14. The lowest BCUT2D eigenvalue weighted by Gasteiger charge is -2.20. The number of carbonyl (C=O) groups excluding carboxylic acids is 1. The molecule has 2 heterocycles. The first-order valence-corrected chi connectivity index (χ1v) is 8.71. The van der Waals surface area contributed by atoms with Crippen LogP contribution in [0.25, 0.3) is 11.1 Å². The molecule has 1 amide bonds. The number of aromatic nitrogens is 1. The van der Waals surface area contributed by atoms with Gasteiger partial charge in [0.1, 0.15) is 5.52 Å². The van der Waals surface area contributed by atoms with Crippen LogP contribution in [0.3, 0.4) is 0 Å². The lowest BCUT2D eigenvalue weighted by atomic mass is 9.97. The zero-order valence-electron chi connectivity index (χ0n) is 14.3. The van der Waals surface area contributed by atoms with Gasteiger partial charge in [0.2, 0.25) is 0 Å². The first kappa shape index (κ1) is 15.7. The molecule has 0 saturated carbocycles. The highest BCUT2D eigenvalue weighted by molar-refractivity contribution is 5.97. The van der Waals surface area contributed by atoms with Crippen molar-refractivity contribution in [3.63, 3.8) is 0 Å². The lowest BCUT2D eigenvalue weighted by molar-refractivity contribution is 0.0952. The van der Waals surface area contributed by atoms with Crippen molar-refractivity contribution in [2.75, 3.05) is 18.4 Å². The quantitative estimate of drug-likeness (QED) is 0.766. The number of hydrogen-bond acceptors (Lipinski definition) is 4. The van der Waals surface area contributed by atoms with Gasteiger partial charge in [-0.3, -0.25) is 4.79 Å². The van der Waals surface area contributed by atoms with E-state index in [0.717, 1.165) is 52.9 Å². The molecule has 2 aromatic carbocycles. The van der Waals surface area contributed by atoms with Crippen molar-refractivity contribution in [3.8, 4) is 0 Å². The summed E-state index contributed by atoms with van der Waals surface area (Å²) in [4.78, 5) is 17.1. The zero-order chi connectivity index (χ0) is 17.2. The number of para-hydroxylation sites is 1. The van der Waals surface area contributed by atoms with Gasteiger partial charge in [-0.15, -0.1) is 0 Å². The first-order valence-electron chi connectivity index (χ1n) is 8.71. The smallest absolute Gasteiger partial charge is 0.251 e. The van der Waals surface area contributed by atoms with Crippen molar-refractivity contribution in [2.45, 2.75) is 26.2 Å². The van der Waals surface area contributed by atoms with Crippen LogP contribution in [0.4, 0.5) is 5.69 Å². The van der Waals surface area contributed by atoms with Crippen molar-refractivity contribution in [1.82, 2.24) is 10.3 Å². The van der Waals surface area contributed by atoms with Crippen LogP contribution in [0, 0.1) is 6.92 Å². The van der Waals surface area contributed by atoms with Crippen LogP contribution in [-0.2, 0) is 12.8 Å². The second-order valence-electron chi connectivity index (χ2n) is 6.40. The molecule has 0 saturated heterocycles. The van der Waals surface area contributed by atoms with Gasteiger partial charge in [0, 0.05) is 30.8 Å². The first-order chi connectivity index (χ1) is 12.2. The third-order valence-corrected chi connectivity index (χ3v) is 4.63. The van der Waals surface area contributed by atoms with E-state index in [0.29, 0.717) is 18.9 Å². The fourth-order valence-electron chi connectivity index (χ4n) is 3.34. The highest BCUT2D eigenvalue weighted by Crippen LogP contribution is 2.25. The Morgan fingerprint density at radius 3 is 3.04 bits per heavy atom. The predicted octanol–water partition coefficient (Wildman–Crippen LogP) is 3.47. The van der Waals surface area contributed by atoms with Crippen LogP contribution in [0.1, 0.15) is 33.8 Å². The minimum atomic E-state index is -0.0344. The monoisotopic (exact) mass is 335 g/mol. The number of hydrogen-bond donors (Lipinski definition) is 2. The zero-order valence-corrected chi connectivity index (χ0v) is 14.3. The predicted molar refractivity (Wildman–Crippen MR) is 98.0 cm³/mol. The average molecular weight is 335 g/mol. The maximum absolute atomic E-state index is 12.5. The van der Waals surface area contributed by atoms with E-state index >= 15 is 0 Å². The number of carbonyl (C=O) groups is 1. The van der Waals surface area contributed by atoms with Crippen molar-refractivity contribution in [3.05, 3.63) is 59.0 Å². The fourth-order valence-corrected chi connectivity index (χ4v) is 3.34. The molecule has 5 heteroatoms. The van der Waals surface area contributed by atoms with Gasteiger partial charge >= 0.3 is 0 Å². The van der Waals surface area contributed by atoms with E-state index in [1.54, 1.807) is 0 Å². The van der Waals surface area contributed by atoms with Crippen molar-refractivity contribution >= 4 is 22.7 Å². The standard InChI is InChI=1S/C20H21N3O2/c1-13-5-2-9-17-19(13)23-18(25-17)10-12-22-20(24)15-6-3-8-16-14(15)7-4-11-21-16/h2-3,5-6,8-9,21H,4,7,10-12H2,1H3,(H,22,24). The summed E-state index contributed by atoms with van der Waals surface area (Å²) in [5.41, 5.74) is 5.74. The largest absolute Gasteiger partial charge is 0.441 e. The summed E-state index contributed by atoms with van der Waals surface area (Å²) in [6.45, 7) is 3.49. The molecular formula is C20H21N3O2. The number of benzene rings is 2. The van der Waals surface area contributed by atoms with Gasteiger partial charge in [0.05, 0.1) is 0 Å². The average Bonchev–Trinajstić information content (AvgIpc) is 3.05. The Morgan fingerprint density at radius 2 is 2.16 bits per heavy atom. The molecule has 1 aromatic heterocycles. The van der Waals surface area contributed by atoms with Gasteiger partial charge in [-0.1, -0.05) is 18.2 Å². The summed E-state index contributed by atoms with van der Waals surface area (Å²) in [7, 11) is 0. The van der Waals surface area contributed by atoms with Gasteiger partial charge in [0.15, 0.2) is 11.5 Å². The van der Waals surface area contributed by atoms with Crippen LogP contribution < -0.4 is 10.6 Å². The van der Waals surface area contributed by atoms with Crippen LogP contribution >= 0.6 is 0 Å². The minimum Gasteiger partial charge on any atom is -0.441 e. The van der Waals surface area contributed by atoms with Crippen LogP contribution in [0.5, 0.6) is 0 Å². The summed E-state index contributed by atoms with van der Waals surface area (Å²) in [6, 6.07) is 11.7. The molecule has 0 bridgehead atoms. The Labute approximate surface area is 146 Å². The Bertz CT molecular complexity index is 930. The maximum Gasteiger partial charge on any atom is 0.251 e. The molecule has 1 aliphatic rings. The number of nitrogens with zero attached hydrogens (tertiary/aromatic N) is 1.